The molecule has 3 aromatic carbocycles. The number of hydrogen-bond donors (Lipinski definition) is 1. The molecule has 0 atom stereocenters. The van der Waals surface area contributed by atoms with Gasteiger partial charge in [-0.25, -0.2) is 4.79 Å². The number of para-hydroxylation sites is 2. The second kappa shape index (κ2) is 6.84. The quantitative estimate of drug-likeness (QED) is 0.334. The highest BCUT2D eigenvalue weighted by molar-refractivity contribution is 6.01. The molecule has 0 aliphatic carbocycles. The number of carbonyl (C=O) groups excluding carboxylic acids is 1. The van der Waals surface area contributed by atoms with Gasteiger partial charge in [0, 0.05) is 6.07 Å². The zero-order chi connectivity index (χ0) is 17.8. The maximum atomic E-state index is 12.6. The van der Waals surface area contributed by atoms with Gasteiger partial charge in [0.05, 0.1) is 4.92 Å². The van der Waals surface area contributed by atoms with Crippen molar-refractivity contribution in [1.29, 1.82) is 0 Å². The first-order valence-corrected chi connectivity index (χ1v) is 7.41. The first kappa shape index (κ1) is 16.2. The maximum Gasteiger partial charge on any atom is 0.348 e. The van der Waals surface area contributed by atoms with Crippen molar-refractivity contribution in [3.8, 4) is 22.6 Å². The first-order valence-electron chi connectivity index (χ1n) is 7.41. The molecule has 0 saturated heterocycles. The molecule has 0 heterocycles. The van der Waals surface area contributed by atoms with Crippen LogP contribution >= 0.6 is 0 Å². The van der Waals surface area contributed by atoms with Gasteiger partial charge in [0.2, 0.25) is 5.75 Å². The summed E-state index contributed by atoms with van der Waals surface area (Å²) >= 11 is 0. The second-order valence-electron chi connectivity index (χ2n) is 5.18. The van der Waals surface area contributed by atoms with E-state index in [9.17, 15) is 20.0 Å². The Morgan fingerprint density at radius 2 is 1.60 bits per heavy atom. The molecule has 3 aromatic rings. The lowest BCUT2D eigenvalue weighted by atomic mass is 9.99. The largest absolute Gasteiger partial charge is 0.507 e. The van der Waals surface area contributed by atoms with Crippen LogP contribution in [0.25, 0.3) is 11.1 Å². The van der Waals surface area contributed by atoms with E-state index in [0.29, 0.717) is 11.1 Å². The van der Waals surface area contributed by atoms with Crippen molar-refractivity contribution in [2.24, 2.45) is 0 Å². The van der Waals surface area contributed by atoms with Crippen molar-refractivity contribution < 1.29 is 19.6 Å². The summed E-state index contributed by atoms with van der Waals surface area (Å²) < 4.78 is 5.20. The molecule has 124 valence electrons. The number of ether oxygens (including phenoxy) is 1. The van der Waals surface area contributed by atoms with Gasteiger partial charge < -0.3 is 9.84 Å². The number of nitrogens with zero attached hydrogens (tertiary/aromatic N) is 1. The van der Waals surface area contributed by atoms with Crippen LogP contribution in [0, 0.1) is 10.1 Å². The normalized spacial score (nSPS) is 10.2. The Kier molecular flexibility index (Phi) is 4.43. The summed E-state index contributed by atoms with van der Waals surface area (Å²) in [7, 11) is 0. The summed E-state index contributed by atoms with van der Waals surface area (Å²) in [6, 6.07) is 19.2. The van der Waals surface area contributed by atoms with Crippen LogP contribution in [0.5, 0.6) is 11.5 Å². The molecule has 0 amide bonds. The summed E-state index contributed by atoms with van der Waals surface area (Å²) in [6.45, 7) is 0. The minimum absolute atomic E-state index is 0.0492. The monoisotopic (exact) mass is 335 g/mol. The van der Waals surface area contributed by atoms with E-state index in [4.69, 9.17) is 4.74 Å². The van der Waals surface area contributed by atoms with E-state index in [1.54, 1.807) is 36.4 Å². The van der Waals surface area contributed by atoms with Gasteiger partial charge in [0.15, 0.2) is 0 Å². The number of nitro benzene ring substituents is 1. The number of hydrogen-bond acceptors (Lipinski definition) is 5. The standard InChI is InChI=1S/C19H13NO5/c21-16-11-6-9-14(13-7-2-1-3-8-13)18(16)19(22)25-17-12-5-4-10-15(17)20(23)24/h1-12,21H. The topological polar surface area (TPSA) is 89.7 Å². The Bertz CT molecular complexity index is 938. The average Bonchev–Trinajstić information content (AvgIpc) is 2.62. The Morgan fingerprint density at radius 1 is 0.920 bits per heavy atom. The predicted octanol–water partition coefficient (Wildman–Crippen LogP) is 4.19. The lowest BCUT2D eigenvalue weighted by Gasteiger charge is -2.11. The lowest BCUT2D eigenvalue weighted by Crippen LogP contribution is -2.11. The van der Waals surface area contributed by atoms with Crippen LogP contribution in [0.4, 0.5) is 5.69 Å². The zero-order valence-corrected chi connectivity index (χ0v) is 13.0. The van der Waals surface area contributed by atoms with Gasteiger partial charge in [-0.05, 0) is 23.3 Å². The second-order valence-corrected chi connectivity index (χ2v) is 5.18. The minimum Gasteiger partial charge on any atom is -0.507 e. The van der Waals surface area contributed by atoms with Crippen molar-refractivity contribution >= 4 is 11.7 Å². The minimum atomic E-state index is -0.869. The number of nitro groups is 1. The lowest BCUT2D eigenvalue weighted by molar-refractivity contribution is -0.385. The molecule has 0 fully saturated rings. The van der Waals surface area contributed by atoms with Crippen LogP contribution in [-0.4, -0.2) is 16.0 Å². The Labute approximate surface area is 143 Å². The number of esters is 1. The van der Waals surface area contributed by atoms with Gasteiger partial charge in [-0.15, -0.1) is 0 Å². The van der Waals surface area contributed by atoms with Gasteiger partial charge in [0.25, 0.3) is 0 Å². The highest BCUT2D eigenvalue weighted by Gasteiger charge is 2.23. The first-order chi connectivity index (χ1) is 12.1. The summed E-state index contributed by atoms with van der Waals surface area (Å²) in [5, 5.41) is 21.2. The number of phenolic OH excluding ortho intramolecular Hbond substituents is 1. The third-order valence-electron chi connectivity index (χ3n) is 3.60. The summed E-state index contributed by atoms with van der Waals surface area (Å²) in [5.41, 5.74) is 0.816. The summed E-state index contributed by atoms with van der Waals surface area (Å²) in [5.74, 6) is -1.31. The van der Waals surface area contributed by atoms with E-state index in [1.165, 1.54) is 30.3 Å². The van der Waals surface area contributed by atoms with Gasteiger partial charge in [-0.1, -0.05) is 54.6 Å². The van der Waals surface area contributed by atoms with Gasteiger partial charge >= 0.3 is 11.7 Å². The van der Waals surface area contributed by atoms with Crippen LogP contribution in [-0.2, 0) is 0 Å². The molecule has 0 aromatic heterocycles. The summed E-state index contributed by atoms with van der Waals surface area (Å²) in [6.07, 6.45) is 0. The molecule has 0 aliphatic rings. The molecule has 0 spiro atoms. The number of carbonyl (C=O) groups is 1. The van der Waals surface area contributed by atoms with Crippen molar-refractivity contribution in [3.63, 3.8) is 0 Å². The van der Waals surface area contributed by atoms with Crippen molar-refractivity contribution in [3.05, 3.63) is 88.5 Å². The molecule has 0 bridgehead atoms. The van der Waals surface area contributed by atoms with E-state index in [1.807, 2.05) is 6.07 Å². The fraction of sp³-hybridized carbons (Fsp3) is 0. The zero-order valence-electron chi connectivity index (χ0n) is 13.0. The van der Waals surface area contributed by atoms with Crippen LogP contribution in [0.2, 0.25) is 0 Å². The van der Waals surface area contributed by atoms with E-state index < -0.39 is 10.9 Å². The van der Waals surface area contributed by atoms with Crippen LogP contribution in [0.1, 0.15) is 10.4 Å². The molecule has 25 heavy (non-hydrogen) atoms. The smallest absolute Gasteiger partial charge is 0.348 e. The fourth-order valence-electron chi connectivity index (χ4n) is 2.46. The molecule has 0 unspecified atom stereocenters. The molecule has 0 saturated carbocycles. The van der Waals surface area contributed by atoms with Crippen molar-refractivity contribution in [2.45, 2.75) is 0 Å². The maximum absolute atomic E-state index is 12.6. The fourth-order valence-corrected chi connectivity index (χ4v) is 2.46. The highest BCUT2D eigenvalue weighted by atomic mass is 16.6. The van der Waals surface area contributed by atoms with E-state index >= 15 is 0 Å². The van der Waals surface area contributed by atoms with Gasteiger partial charge in [-0.2, -0.15) is 0 Å². The molecule has 0 radical (unpaired) electrons. The van der Waals surface area contributed by atoms with Crippen LogP contribution in [0.3, 0.4) is 0 Å². The molecule has 1 N–H and O–H groups in total. The molecular weight excluding hydrogens is 322 g/mol. The number of phenols is 1. The van der Waals surface area contributed by atoms with Crippen molar-refractivity contribution in [1.82, 2.24) is 0 Å². The predicted molar refractivity (Wildman–Crippen MR) is 91.6 cm³/mol. The van der Waals surface area contributed by atoms with Crippen LogP contribution in [0.15, 0.2) is 72.8 Å². The Hall–Kier alpha value is -3.67. The van der Waals surface area contributed by atoms with Gasteiger partial charge in [0.1, 0.15) is 11.3 Å². The van der Waals surface area contributed by atoms with Crippen molar-refractivity contribution in [2.75, 3.05) is 0 Å². The van der Waals surface area contributed by atoms with E-state index in [0.717, 1.165) is 0 Å². The molecule has 6 nitrogen and oxygen atoms in total. The summed E-state index contributed by atoms with van der Waals surface area (Å²) in [4.78, 5) is 23.0. The third kappa shape index (κ3) is 3.32. The molecule has 0 aliphatic heterocycles. The van der Waals surface area contributed by atoms with E-state index in [-0.39, 0.29) is 22.7 Å². The average molecular weight is 335 g/mol. The molecule has 6 heteroatoms. The molecule has 3 rings (SSSR count). The van der Waals surface area contributed by atoms with Crippen LogP contribution < -0.4 is 4.74 Å². The van der Waals surface area contributed by atoms with Gasteiger partial charge in [-0.3, -0.25) is 10.1 Å². The number of aromatic hydroxyl groups is 1. The number of rotatable bonds is 4. The van der Waals surface area contributed by atoms with E-state index in [2.05, 4.69) is 0 Å². The Morgan fingerprint density at radius 3 is 2.32 bits per heavy atom. The SMILES string of the molecule is O=C(Oc1ccccc1[N+](=O)[O-])c1c(O)cccc1-c1ccccc1. The molecular formula is C19H13NO5. The highest BCUT2D eigenvalue weighted by Crippen LogP contribution is 2.33. The Balaban J connectivity index is 2.03. The number of benzene rings is 3. The third-order valence-corrected chi connectivity index (χ3v) is 3.60.